The van der Waals surface area contributed by atoms with Gasteiger partial charge >= 0.3 is 18.3 Å². The molecule has 0 aliphatic carbocycles. The molecule has 4 aliphatic rings. The van der Waals surface area contributed by atoms with Crippen molar-refractivity contribution in [3.8, 4) is 11.8 Å². The lowest BCUT2D eigenvalue weighted by Gasteiger charge is -2.23. The van der Waals surface area contributed by atoms with Crippen LogP contribution < -0.4 is 25.4 Å². The predicted molar refractivity (Wildman–Crippen MR) is 151 cm³/mol. The second-order valence-corrected chi connectivity index (χ2v) is 9.75. The topological polar surface area (TPSA) is 140 Å². The van der Waals surface area contributed by atoms with Gasteiger partial charge in [0.05, 0.1) is 12.7 Å². The molecule has 0 fully saturated rings. The highest BCUT2D eigenvalue weighted by Gasteiger charge is 2.29. The lowest BCUT2D eigenvalue weighted by atomic mass is 10.2. The van der Waals surface area contributed by atoms with Gasteiger partial charge in [0.1, 0.15) is 5.75 Å². The molecule has 230 valence electrons. The Labute approximate surface area is 246 Å². The van der Waals surface area contributed by atoms with Crippen molar-refractivity contribution in [1.29, 1.82) is 0 Å². The number of alkyl halides is 3. The zero-order valence-corrected chi connectivity index (χ0v) is 23.6. The van der Waals surface area contributed by atoms with Gasteiger partial charge in [0.2, 0.25) is 11.9 Å². The van der Waals surface area contributed by atoms with Crippen molar-refractivity contribution >= 4 is 29.6 Å². The van der Waals surface area contributed by atoms with Crippen LogP contribution in [0, 0.1) is 0 Å². The summed E-state index contributed by atoms with van der Waals surface area (Å²) in [5.41, 5.74) is 1.64. The van der Waals surface area contributed by atoms with Gasteiger partial charge in [0, 0.05) is 37.4 Å². The van der Waals surface area contributed by atoms with Crippen LogP contribution in [0.2, 0.25) is 0 Å². The summed E-state index contributed by atoms with van der Waals surface area (Å²) < 4.78 is 54.2. The quantitative estimate of drug-likeness (QED) is 0.391. The highest BCUT2D eigenvalue weighted by atomic mass is 19.4. The molecule has 43 heavy (non-hydrogen) atoms. The van der Waals surface area contributed by atoms with Crippen molar-refractivity contribution in [3.05, 3.63) is 59.7 Å². The number of aromatic nitrogens is 3. The molecule has 0 saturated carbocycles. The highest BCUT2D eigenvalue weighted by molar-refractivity contribution is 5.94. The normalized spacial score (nSPS) is 14.7. The van der Waals surface area contributed by atoms with Gasteiger partial charge in [-0.1, -0.05) is 12.1 Å². The number of carbonyl (C=O) groups is 2. The average Bonchev–Trinajstić information content (AvgIpc) is 2.96. The zero-order valence-electron chi connectivity index (χ0n) is 23.6. The molecular weight excluding hydrogens is 571 g/mol. The summed E-state index contributed by atoms with van der Waals surface area (Å²) in [4.78, 5) is 39.0. The van der Waals surface area contributed by atoms with Crippen LogP contribution in [0.3, 0.4) is 0 Å². The standard InChI is InChI=1S/C28H32F3N7O5/c1-18(2)43-27(40)38-13-3-15-41-22-10-4-19(5-11-22)16-33-24-35-25(37-26(36-24)42-17-28(29,30)31)34-21-8-6-20(7-9-21)23(39)32-12-14-38/h4-11,18H,3,12-17H2,1-2H3,(H,32,39)(H2,33,34,35,36,37). The maximum absolute atomic E-state index is 12.8. The van der Waals surface area contributed by atoms with E-state index in [1.165, 1.54) is 4.90 Å². The second kappa shape index (κ2) is 14.4. The number of carbonyl (C=O) groups excluding carboxylic acids is 2. The molecule has 1 aromatic heterocycles. The van der Waals surface area contributed by atoms with E-state index < -0.39 is 24.9 Å². The lowest BCUT2D eigenvalue weighted by Crippen LogP contribution is -2.40. The van der Waals surface area contributed by atoms with Gasteiger partial charge in [-0.05, 0) is 62.2 Å². The maximum Gasteiger partial charge on any atom is 0.422 e. The number of nitrogens with zero attached hydrogens (tertiary/aromatic N) is 4. The Balaban J connectivity index is 1.55. The van der Waals surface area contributed by atoms with Crippen molar-refractivity contribution in [2.45, 2.75) is 39.1 Å². The van der Waals surface area contributed by atoms with E-state index >= 15 is 0 Å². The van der Waals surface area contributed by atoms with Gasteiger partial charge in [0.15, 0.2) is 6.61 Å². The Kier molecular flexibility index (Phi) is 10.4. The number of hydrogen-bond acceptors (Lipinski definition) is 10. The molecule has 0 radical (unpaired) electrons. The van der Waals surface area contributed by atoms with Gasteiger partial charge in [-0.15, -0.1) is 0 Å². The maximum atomic E-state index is 12.8. The molecule has 4 aliphatic heterocycles. The van der Waals surface area contributed by atoms with Crippen LogP contribution in [0.5, 0.6) is 11.8 Å². The number of rotatable bonds is 3. The summed E-state index contributed by atoms with van der Waals surface area (Å²) in [6, 6.07) is 12.9. The Bertz CT molecular complexity index is 1370. The molecule has 0 spiro atoms. The van der Waals surface area contributed by atoms with Crippen molar-refractivity contribution < 1.29 is 37.0 Å². The van der Waals surface area contributed by atoms with Gasteiger partial charge in [-0.25, -0.2) is 4.79 Å². The molecular formula is C28H32F3N7O5. The monoisotopic (exact) mass is 603 g/mol. The van der Waals surface area contributed by atoms with Crippen LogP contribution in [0.15, 0.2) is 48.5 Å². The van der Waals surface area contributed by atoms with E-state index in [9.17, 15) is 22.8 Å². The first kappa shape index (κ1) is 31.1. The first-order chi connectivity index (χ1) is 20.5. The molecule has 0 unspecified atom stereocenters. The largest absolute Gasteiger partial charge is 0.494 e. The number of nitrogens with one attached hydrogen (secondary N) is 3. The number of amides is 2. The van der Waals surface area contributed by atoms with Gasteiger partial charge in [0.25, 0.3) is 5.91 Å². The molecule has 3 aromatic rings. The van der Waals surface area contributed by atoms with Gasteiger partial charge < -0.3 is 35.1 Å². The fourth-order valence-corrected chi connectivity index (χ4v) is 3.84. The second-order valence-electron chi connectivity index (χ2n) is 9.75. The molecule has 7 rings (SSSR count). The fraction of sp³-hybridized carbons (Fsp3) is 0.393. The summed E-state index contributed by atoms with van der Waals surface area (Å²) in [6.45, 7) is 3.33. The third-order valence-corrected chi connectivity index (χ3v) is 5.86. The fourth-order valence-electron chi connectivity index (χ4n) is 3.84. The van der Waals surface area contributed by atoms with E-state index in [-0.39, 0.29) is 43.5 Å². The number of halogens is 3. The number of benzene rings is 2. The molecule has 2 aromatic carbocycles. The SMILES string of the molecule is CC(C)OC(=O)N1CCCOc2ccc(cc2)CNc2nc(nc(OCC(F)(F)F)n2)Nc2ccc(cc2)C(=O)NCC1. The molecule has 0 atom stereocenters. The molecule has 12 nitrogen and oxygen atoms in total. The highest BCUT2D eigenvalue weighted by Crippen LogP contribution is 2.21. The molecule has 15 heteroatoms. The molecule has 5 heterocycles. The Hall–Kier alpha value is -4.82. The van der Waals surface area contributed by atoms with E-state index in [4.69, 9.17) is 14.2 Å². The van der Waals surface area contributed by atoms with Crippen LogP contribution in [0.1, 0.15) is 36.2 Å². The lowest BCUT2D eigenvalue weighted by molar-refractivity contribution is -0.154. The number of anilines is 3. The van der Waals surface area contributed by atoms with Crippen LogP contribution >= 0.6 is 0 Å². The van der Waals surface area contributed by atoms with Crippen molar-refractivity contribution in [2.75, 3.05) is 43.5 Å². The molecule has 0 saturated heterocycles. The smallest absolute Gasteiger partial charge is 0.422 e. The minimum absolute atomic E-state index is 0.00932. The Morgan fingerprint density at radius 1 is 1.00 bits per heavy atom. The van der Waals surface area contributed by atoms with Crippen LogP contribution in [-0.2, 0) is 11.3 Å². The Morgan fingerprint density at radius 2 is 1.72 bits per heavy atom. The minimum Gasteiger partial charge on any atom is -0.494 e. The van der Waals surface area contributed by atoms with Crippen LogP contribution in [-0.4, -0.2) is 77.0 Å². The summed E-state index contributed by atoms with van der Waals surface area (Å²) in [6.07, 6.45) is -4.82. The van der Waals surface area contributed by atoms with Crippen molar-refractivity contribution in [1.82, 2.24) is 25.2 Å². The van der Waals surface area contributed by atoms with Gasteiger partial charge in [-0.2, -0.15) is 28.1 Å². The first-order valence-electron chi connectivity index (χ1n) is 13.6. The Morgan fingerprint density at radius 3 is 2.42 bits per heavy atom. The summed E-state index contributed by atoms with van der Waals surface area (Å²) in [5, 5.41) is 8.64. The van der Waals surface area contributed by atoms with E-state index in [1.807, 2.05) is 12.1 Å². The minimum atomic E-state index is -4.58. The van der Waals surface area contributed by atoms with E-state index in [1.54, 1.807) is 50.2 Å². The molecule has 3 N–H and O–H groups in total. The third kappa shape index (κ3) is 10.2. The average molecular weight is 604 g/mol. The summed E-state index contributed by atoms with van der Waals surface area (Å²) in [5.74, 6) is 0.181. The summed E-state index contributed by atoms with van der Waals surface area (Å²) in [7, 11) is 0. The van der Waals surface area contributed by atoms with E-state index in [2.05, 4.69) is 30.9 Å². The van der Waals surface area contributed by atoms with Crippen molar-refractivity contribution in [2.24, 2.45) is 0 Å². The van der Waals surface area contributed by atoms with E-state index in [0.717, 1.165) is 5.56 Å². The van der Waals surface area contributed by atoms with Gasteiger partial charge in [-0.3, -0.25) is 4.79 Å². The van der Waals surface area contributed by atoms with Crippen molar-refractivity contribution in [3.63, 3.8) is 0 Å². The van der Waals surface area contributed by atoms with Crippen LogP contribution in [0.25, 0.3) is 0 Å². The zero-order chi connectivity index (χ0) is 30.8. The number of hydrogen-bond donors (Lipinski definition) is 3. The third-order valence-electron chi connectivity index (χ3n) is 5.86. The predicted octanol–water partition coefficient (Wildman–Crippen LogP) is 4.53. The van der Waals surface area contributed by atoms with E-state index in [0.29, 0.717) is 36.6 Å². The summed E-state index contributed by atoms with van der Waals surface area (Å²) >= 11 is 0. The number of ether oxygens (including phenoxy) is 3. The molecule has 6 bridgehead atoms. The van der Waals surface area contributed by atoms with Crippen LogP contribution in [0.4, 0.5) is 35.5 Å². The first-order valence-corrected chi connectivity index (χ1v) is 13.6. The molecule has 2 amide bonds.